The molecule has 1 aliphatic heterocycles. The second-order valence-electron chi connectivity index (χ2n) is 3.47. The van der Waals surface area contributed by atoms with Gasteiger partial charge in [-0.15, -0.1) is 0 Å². The molecule has 0 aromatic carbocycles. The molecular formula is C10H21NOS2. The Morgan fingerprint density at radius 2 is 2.14 bits per heavy atom. The van der Waals surface area contributed by atoms with Crippen LogP contribution in [0.4, 0.5) is 0 Å². The van der Waals surface area contributed by atoms with Crippen LogP contribution in [0.5, 0.6) is 0 Å². The van der Waals surface area contributed by atoms with E-state index in [1.165, 1.54) is 11.5 Å². The summed E-state index contributed by atoms with van der Waals surface area (Å²) in [5.74, 6) is 2.58. The molecule has 1 rings (SSSR count). The zero-order chi connectivity index (χ0) is 10.4. The Labute approximate surface area is 95.9 Å². The number of ether oxygens (including phenoxy) is 1. The summed E-state index contributed by atoms with van der Waals surface area (Å²) in [4.78, 5) is 0. The minimum Gasteiger partial charge on any atom is -0.380 e. The predicted octanol–water partition coefficient (Wildman–Crippen LogP) is 1.85. The van der Waals surface area contributed by atoms with Crippen LogP contribution >= 0.6 is 23.5 Å². The van der Waals surface area contributed by atoms with Gasteiger partial charge in [0.2, 0.25) is 0 Å². The van der Waals surface area contributed by atoms with E-state index in [2.05, 4.69) is 42.7 Å². The summed E-state index contributed by atoms with van der Waals surface area (Å²) in [6, 6.07) is 0.503. The maximum Gasteiger partial charge on any atom is 0.0630 e. The van der Waals surface area contributed by atoms with Gasteiger partial charge in [-0.25, -0.2) is 0 Å². The molecule has 1 N–H and O–H groups in total. The highest BCUT2D eigenvalue weighted by Gasteiger charge is 2.29. The highest BCUT2D eigenvalue weighted by atomic mass is 32.2. The molecule has 2 nitrogen and oxygen atoms in total. The summed E-state index contributed by atoms with van der Waals surface area (Å²) in [6.45, 7) is 6.04. The lowest BCUT2D eigenvalue weighted by Gasteiger charge is -2.34. The van der Waals surface area contributed by atoms with Crippen molar-refractivity contribution in [3.8, 4) is 0 Å². The van der Waals surface area contributed by atoms with E-state index in [9.17, 15) is 0 Å². The van der Waals surface area contributed by atoms with Crippen LogP contribution in [0.1, 0.15) is 13.8 Å². The fraction of sp³-hybridized carbons (Fsp3) is 1.00. The highest BCUT2D eigenvalue weighted by molar-refractivity contribution is 8.07. The predicted molar refractivity (Wildman–Crippen MR) is 67.5 cm³/mol. The molecule has 0 aliphatic carbocycles. The number of hydrogen-bond donors (Lipinski definition) is 1. The fourth-order valence-electron chi connectivity index (χ4n) is 1.68. The average Bonchev–Trinajstić information content (AvgIpc) is 2.21. The van der Waals surface area contributed by atoms with E-state index in [0.717, 1.165) is 18.5 Å². The second kappa shape index (κ2) is 6.99. The molecular weight excluding hydrogens is 214 g/mol. The van der Waals surface area contributed by atoms with E-state index in [1.807, 2.05) is 7.05 Å². The number of thioether (sulfide) groups is 2. The molecule has 0 bridgehead atoms. The number of hydrogen-bond acceptors (Lipinski definition) is 4. The van der Waals surface area contributed by atoms with Crippen molar-refractivity contribution in [3.05, 3.63) is 0 Å². The van der Waals surface area contributed by atoms with Gasteiger partial charge in [-0.2, -0.15) is 23.5 Å². The van der Waals surface area contributed by atoms with Gasteiger partial charge < -0.3 is 10.1 Å². The Morgan fingerprint density at radius 1 is 1.43 bits per heavy atom. The third-order valence-corrected chi connectivity index (χ3v) is 5.76. The summed E-state index contributed by atoms with van der Waals surface area (Å²) in [5.41, 5.74) is 0. The summed E-state index contributed by atoms with van der Waals surface area (Å²) in [7, 11) is 2.04. The third-order valence-electron chi connectivity index (χ3n) is 2.51. The van der Waals surface area contributed by atoms with Crippen LogP contribution in [0.2, 0.25) is 0 Å². The summed E-state index contributed by atoms with van der Waals surface area (Å²) >= 11 is 4.18. The van der Waals surface area contributed by atoms with E-state index in [-0.39, 0.29) is 0 Å². The van der Waals surface area contributed by atoms with Crippen LogP contribution in [0, 0.1) is 0 Å². The first kappa shape index (κ1) is 12.7. The van der Waals surface area contributed by atoms with Crippen molar-refractivity contribution in [2.24, 2.45) is 0 Å². The van der Waals surface area contributed by atoms with Gasteiger partial charge >= 0.3 is 0 Å². The second-order valence-corrected chi connectivity index (χ2v) is 6.24. The minimum absolute atomic E-state index is 0.503. The van der Waals surface area contributed by atoms with Gasteiger partial charge in [-0.3, -0.25) is 0 Å². The first-order chi connectivity index (χ1) is 6.79. The molecule has 14 heavy (non-hydrogen) atoms. The van der Waals surface area contributed by atoms with Crippen LogP contribution in [0.25, 0.3) is 0 Å². The molecule has 1 heterocycles. The van der Waals surface area contributed by atoms with Crippen LogP contribution in [-0.2, 0) is 4.74 Å². The van der Waals surface area contributed by atoms with Crippen LogP contribution < -0.4 is 5.32 Å². The van der Waals surface area contributed by atoms with Crippen molar-refractivity contribution in [2.45, 2.75) is 30.4 Å². The largest absolute Gasteiger partial charge is 0.380 e. The Balaban J connectivity index is 2.40. The minimum atomic E-state index is 0.503. The standard InChI is InChI=1S/C10H21NOS2/c1-4-12-7-9(11-3)10-8(2)13-5-6-14-10/h8-11H,4-7H2,1-3H3. The molecule has 84 valence electrons. The van der Waals surface area contributed by atoms with Crippen LogP contribution in [0.3, 0.4) is 0 Å². The number of rotatable bonds is 5. The molecule has 1 aliphatic rings. The van der Waals surface area contributed by atoms with Gasteiger partial charge in [-0.05, 0) is 14.0 Å². The molecule has 0 spiro atoms. The zero-order valence-corrected chi connectivity index (χ0v) is 10.9. The monoisotopic (exact) mass is 235 g/mol. The Bertz CT molecular complexity index is 157. The summed E-state index contributed by atoms with van der Waals surface area (Å²) < 4.78 is 5.50. The highest BCUT2D eigenvalue weighted by Crippen LogP contribution is 2.32. The van der Waals surface area contributed by atoms with Gasteiger partial charge in [0.05, 0.1) is 6.61 Å². The van der Waals surface area contributed by atoms with E-state index >= 15 is 0 Å². The van der Waals surface area contributed by atoms with Gasteiger partial charge in [0, 0.05) is 34.7 Å². The van der Waals surface area contributed by atoms with Crippen LogP contribution in [-0.4, -0.2) is 48.3 Å². The van der Waals surface area contributed by atoms with Gasteiger partial charge in [0.1, 0.15) is 0 Å². The van der Waals surface area contributed by atoms with Gasteiger partial charge in [0.15, 0.2) is 0 Å². The lowest BCUT2D eigenvalue weighted by molar-refractivity contribution is 0.124. The first-order valence-corrected chi connectivity index (χ1v) is 7.37. The molecule has 0 saturated carbocycles. The molecule has 0 amide bonds. The molecule has 1 saturated heterocycles. The van der Waals surface area contributed by atoms with E-state index in [4.69, 9.17) is 4.74 Å². The maximum absolute atomic E-state index is 5.50. The lowest BCUT2D eigenvalue weighted by atomic mass is 10.1. The topological polar surface area (TPSA) is 21.3 Å². The molecule has 4 heteroatoms. The third kappa shape index (κ3) is 3.65. The van der Waals surface area contributed by atoms with Crippen molar-refractivity contribution >= 4 is 23.5 Å². The summed E-state index contributed by atoms with van der Waals surface area (Å²) in [5, 5.41) is 4.82. The van der Waals surface area contributed by atoms with Gasteiger partial charge in [-0.1, -0.05) is 6.92 Å². The van der Waals surface area contributed by atoms with Crippen molar-refractivity contribution in [1.82, 2.24) is 5.32 Å². The number of likely N-dealkylation sites (N-methyl/N-ethyl adjacent to an activating group) is 1. The smallest absolute Gasteiger partial charge is 0.0630 e. The maximum atomic E-state index is 5.50. The fourth-order valence-corrected chi connectivity index (χ4v) is 4.66. The van der Waals surface area contributed by atoms with E-state index in [1.54, 1.807) is 0 Å². The molecule has 0 radical (unpaired) electrons. The van der Waals surface area contributed by atoms with Crippen molar-refractivity contribution in [2.75, 3.05) is 31.8 Å². The Kier molecular flexibility index (Phi) is 6.33. The molecule has 0 aromatic rings. The molecule has 1 fully saturated rings. The van der Waals surface area contributed by atoms with Crippen molar-refractivity contribution in [3.63, 3.8) is 0 Å². The average molecular weight is 235 g/mol. The van der Waals surface area contributed by atoms with E-state index < -0.39 is 0 Å². The van der Waals surface area contributed by atoms with Crippen molar-refractivity contribution in [1.29, 1.82) is 0 Å². The lowest BCUT2D eigenvalue weighted by Crippen LogP contribution is -2.45. The SMILES string of the molecule is CCOCC(NC)C1SCCSC1C. The zero-order valence-electron chi connectivity index (χ0n) is 9.29. The van der Waals surface area contributed by atoms with Crippen molar-refractivity contribution < 1.29 is 4.74 Å². The Hall–Kier alpha value is 0.620. The van der Waals surface area contributed by atoms with E-state index in [0.29, 0.717) is 11.3 Å². The Morgan fingerprint density at radius 3 is 2.71 bits per heavy atom. The quantitative estimate of drug-likeness (QED) is 0.785. The van der Waals surface area contributed by atoms with Crippen LogP contribution in [0.15, 0.2) is 0 Å². The molecule has 0 aromatic heterocycles. The molecule has 3 atom stereocenters. The summed E-state index contributed by atoms with van der Waals surface area (Å²) in [6.07, 6.45) is 0. The normalized spacial score (nSPS) is 30.2. The number of nitrogens with one attached hydrogen (secondary N) is 1. The first-order valence-electron chi connectivity index (χ1n) is 5.27. The van der Waals surface area contributed by atoms with Gasteiger partial charge in [0.25, 0.3) is 0 Å². The molecule has 3 unspecified atom stereocenters.